The van der Waals surface area contributed by atoms with E-state index in [0.717, 1.165) is 6.54 Å². The first-order valence-corrected chi connectivity index (χ1v) is 6.34. The summed E-state index contributed by atoms with van der Waals surface area (Å²) >= 11 is 0. The molecule has 104 valence electrons. The molecule has 19 heavy (non-hydrogen) atoms. The number of carbonyl (C=O) groups excluding carboxylic acids is 1. The Labute approximate surface area is 111 Å². The molecule has 1 aliphatic heterocycles. The van der Waals surface area contributed by atoms with Gasteiger partial charge in [0.15, 0.2) is 11.6 Å². The Morgan fingerprint density at radius 1 is 1.58 bits per heavy atom. The highest BCUT2D eigenvalue weighted by Gasteiger charge is 2.17. The predicted octanol–water partition coefficient (Wildman–Crippen LogP) is 1.32. The number of ketones is 1. The molecule has 1 aromatic carbocycles. The normalized spacial score (nSPS) is 19.2. The molecule has 0 amide bonds. The van der Waals surface area contributed by atoms with E-state index in [1.165, 1.54) is 13.2 Å². The van der Waals surface area contributed by atoms with Gasteiger partial charge in [0.05, 0.1) is 20.3 Å². The summed E-state index contributed by atoms with van der Waals surface area (Å²) in [6.07, 6.45) is 0.646. The van der Waals surface area contributed by atoms with Crippen molar-refractivity contribution >= 4 is 5.78 Å². The Morgan fingerprint density at radius 2 is 2.42 bits per heavy atom. The summed E-state index contributed by atoms with van der Waals surface area (Å²) in [6, 6.07) is 4.68. The van der Waals surface area contributed by atoms with Crippen LogP contribution in [0.5, 0.6) is 5.75 Å². The van der Waals surface area contributed by atoms with Gasteiger partial charge in [-0.2, -0.15) is 0 Å². The maximum atomic E-state index is 13.5. The molecule has 2 rings (SSSR count). The fraction of sp³-hybridized carbons (Fsp3) is 0.500. The molecule has 0 radical (unpaired) electrons. The van der Waals surface area contributed by atoms with Crippen molar-refractivity contribution in [1.29, 1.82) is 0 Å². The third-order valence-electron chi connectivity index (χ3n) is 3.09. The van der Waals surface area contributed by atoms with Crippen LogP contribution in [0.25, 0.3) is 0 Å². The van der Waals surface area contributed by atoms with Gasteiger partial charge in [-0.05, 0) is 17.7 Å². The second kappa shape index (κ2) is 6.63. The molecule has 0 aliphatic carbocycles. The van der Waals surface area contributed by atoms with Gasteiger partial charge < -0.3 is 14.8 Å². The second-order valence-electron chi connectivity index (χ2n) is 4.61. The van der Waals surface area contributed by atoms with E-state index in [1.54, 1.807) is 12.1 Å². The first-order valence-electron chi connectivity index (χ1n) is 6.34. The highest BCUT2D eigenvalue weighted by molar-refractivity contribution is 5.81. The minimum absolute atomic E-state index is 0.0735. The zero-order chi connectivity index (χ0) is 13.7. The minimum atomic E-state index is -0.438. The lowest BCUT2D eigenvalue weighted by atomic mass is 10.0. The summed E-state index contributed by atoms with van der Waals surface area (Å²) in [5, 5.41) is 3.23. The topological polar surface area (TPSA) is 47.6 Å². The molecule has 1 fully saturated rings. The molecule has 1 heterocycles. The van der Waals surface area contributed by atoms with Gasteiger partial charge in [0.1, 0.15) is 5.78 Å². The van der Waals surface area contributed by atoms with Crippen molar-refractivity contribution < 1.29 is 18.7 Å². The molecule has 1 saturated heterocycles. The lowest BCUT2D eigenvalue weighted by molar-refractivity contribution is -0.119. The molecule has 1 atom stereocenters. The summed E-state index contributed by atoms with van der Waals surface area (Å²) in [4.78, 5) is 11.9. The molecule has 1 N–H and O–H groups in total. The predicted molar refractivity (Wildman–Crippen MR) is 68.9 cm³/mol. The van der Waals surface area contributed by atoms with Gasteiger partial charge in [-0.3, -0.25) is 4.79 Å². The van der Waals surface area contributed by atoms with Crippen LogP contribution >= 0.6 is 0 Å². The third-order valence-corrected chi connectivity index (χ3v) is 3.09. The summed E-state index contributed by atoms with van der Waals surface area (Å²) in [5.74, 6) is -0.168. The van der Waals surface area contributed by atoms with Gasteiger partial charge in [-0.1, -0.05) is 6.07 Å². The average Bonchev–Trinajstić information content (AvgIpc) is 2.40. The number of methoxy groups -OCH3 is 1. The van der Waals surface area contributed by atoms with Crippen molar-refractivity contribution in [3.05, 3.63) is 29.6 Å². The number of benzene rings is 1. The van der Waals surface area contributed by atoms with E-state index in [1.807, 2.05) is 0 Å². The molecular weight excluding hydrogens is 249 g/mol. The molecule has 0 bridgehead atoms. The van der Waals surface area contributed by atoms with Crippen LogP contribution in [0.2, 0.25) is 0 Å². The van der Waals surface area contributed by atoms with Gasteiger partial charge >= 0.3 is 0 Å². The van der Waals surface area contributed by atoms with Crippen LogP contribution in [0, 0.1) is 5.82 Å². The number of carbonyl (C=O) groups is 1. The first-order chi connectivity index (χ1) is 9.19. The zero-order valence-corrected chi connectivity index (χ0v) is 10.9. The fourth-order valence-electron chi connectivity index (χ4n) is 2.15. The van der Waals surface area contributed by atoms with E-state index < -0.39 is 5.82 Å². The fourth-order valence-corrected chi connectivity index (χ4v) is 2.15. The van der Waals surface area contributed by atoms with Gasteiger partial charge in [-0.25, -0.2) is 4.39 Å². The van der Waals surface area contributed by atoms with Crippen LogP contribution in [-0.4, -0.2) is 38.7 Å². The van der Waals surface area contributed by atoms with E-state index in [9.17, 15) is 9.18 Å². The Morgan fingerprint density at radius 3 is 3.05 bits per heavy atom. The van der Waals surface area contributed by atoms with E-state index in [2.05, 4.69) is 5.32 Å². The van der Waals surface area contributed by atoms with E-state index in [4.69, 9.17) is 9.47 Å². The van der Waals surface area contributed by atoms with Crippen LogP contribution in [0.4, 0.5) is 4.39 Å². The zero-order valence-electron chi connectivity index (χ0n) is 10.9. The van der Waals surface area contributed by atoms with Crippen molar-refractivity contribution in [2.45, 2.75) is 18.9 Å². The number of nitrogens with one attached hydrogen (secondary N) is 1. The van der Waals surface area contributed by atoms with Crippen molar-refractivity contribution in [1.82, 2.24) is 5.32 Å². The van der Waals surface area contributed by atoms with Gasteiger partial charge in [-0.15, -0.1) is 0 Å². The number of morpholine rings is 1. The summed E-state index contributed by atoms with van der Waals surface area (Å²) in [7, 11) is 1.41. The van der Waals surface area contributed by atoms with E-state index >= 15 is 0 Å². The lowest BCUT2D eigenvalue weighted by Gasteiger charge is -2.23. The molecule has 1 unspecified atom stereocenters. The molecule has 1 aromatic rings. The van der Waals surface area contributed by atoms with Gasteiger partial charge in [0.25, 0.3) is 0 Å². The standard InChI is InChI=1S/C14H18FNO3/c1-18-14-3-2-10(7-13(14)15)6-12(17)8-11-9-19-5-4-16-11/h2-3,7,11,16H,4-6,8-9H2,1H3. The summed E-state index contributed by atoms with van der Waals surface area (Å²) in [5.41, 5.74) is 0.667. The smallest absolute Gasteiger partial charge is 0.165 e. The number of hydrogen-bond donors (Lipinski definition) is 1. The number of halogens is 1. The maximum absolute atomic E-state index is 13.5. The molecule has 0 spiro atoms. The summed E-state index contributed by atoms with van der Waals surface area (Å²) in [6.45, 7) is 2.02. The van der Waals surface area contributed by atoms with Crippen molar-refractivity contribution in [2.24, 2.45) is 0 Å². The van der Waals surface area contributed by atoms with Crippen LogP contribution in [-0.2, 0) is 16.0 Å². The Balaban J connectivity index is 1.89. The Hall–Kier alpha value is -1.46. The summed E-state index contributed by atoms with van der Waals surface area (Å²) < 4.78 is 23.6. The monoisotopic (exact) mass is 267 g/mol. The molecule has 0 saturated carbocycles. The van der Waals surface area contributed by atoms with Crippen LogP contribution in [0.3, 0.4) is 0 Å². The van der Waals surface area contributed by atoms with Crippen molar-refractivity contribution in [3.8, 4) is 5.75 Å². The molecular formula is C14H18FNO3. The first kappa shape index (κ1) is 14.0. The molecule has 4 nitrogen and oxygen atoms in total. The second-order valence-corrected chi connectivity index (χ2v) is 4.61. The quantitative estimate of drug-likeness (QED) is 0.874. The van der Waals surface area contributed by atoms with Crippen molar-refractivity contribution in [2.75, 3.05) is 26.9 Å². The molecule has 0 aromatic heterocycles. The third kappa shape index (κ3) is 4.01. The Kier molecular flexibility index (Phi) is 4.87. The largest absolute Gasteiger partial charge is 0.494 e. The number of Topliss-reactive ketones (excluding diaryl/α,β-unsaturated/α-hetero) is 1. The lowest BCUT2D eigenvalue weighted by Crippen LogP contribution is -2.42. The molecule has 1 aliphatic rings. The molecule has 5 heteroatoms. The maximum Gasteiger partial charge on any atom is 0.165 e. The Bertz CT molecular complexity index is 444. The van der Waals surface area contributed by atoms with Crippen LogP contribution < -0.4 is 10.1 Å². The van der Waals surface area contributed by atoms with Gasteiger partial charge in [0, 0.05) is 25.4 Å². The number of hydrogen-bond acceptors (Lipinski definition) is 4. The van der Waals surface area contributed by atoms with Crippen LogP contribution in [0.1, 0.15) is 12.0 Å². The van der Waals surface area contributed by atoms with Crippen molar-refractivity contribution in [3.63, 3.8) is 0 Å². The van der Waals surface area contributed by atoms with E-state index in [-0.39, 0.29) is 24.0 Å². The minimum Gasteiger partial charge on any atom is -0.494 e. The van der Waals surface area contributed by atoms with E-state index in [0.29, 0.717) is 25.2 Å². The number of rotatable bonds is 5. The average molecular weight is 267 g/mol. The number of ether oxygens (including phenoxy) is 2. The van der Waals surface area contributed by atoms with Crippen LogP contribution in [0.15, 0.2) is 18.2 Å². The highest BCUT2D eigenvalue weighted by Crippen LogP contribution is 2.18. The van der Waals surface area contributed by atoms with Gasteiger partial charge in [0.2, 0.25) is 0 Å². The highest BCUT2D eigenvalue weighted by atomic mass is 19.1. The SMILES string of the molecule is COc1ccc(CC(=O)CC2COCCN2)cc1F.